The summed E-state index contributed by atoms with van der Waals surface area (Å²) in [6.45, 7) is 2.00. The van der Waals surface area contributed by atoms with E-state index in [-0.39, 0.29) is 18.2 Å². The monoisotopic (exact) mass is 459 g/mol. The van der Waals surface area contributed by atoms with Crippen LogP contribution in [0.25, 0.3) is 10.9 Å². The predicted molar refractivity (Wildman–Crippen MR) is 122 cm³/mol. The van der Waals surface area contributed by atoms with E-state index >= 15 is 0 Å². The van der Waals surface area contributed by atoms with Gasteiger partial charge in [0.25, 0.3) is 0 Å². The lowest BCUT2D eigenvalue weighted by Gasteiger charge is -2.21. The molecule has 3 aromatic rings. The van der Waals surface area contributed by atoms with Crippen LogP contribution in [0, 0.1) is 0 Å². The highest BCUT2D eigenvalue weighted by Gasteiger charge is 2.10. The second-order valence-corrected chi connectivity index (χ2v) is 7.33. The van der Waals surface area contributed by atoms with Gasteiger partial charge in [0.2, 0.25) is 0 Å². The number of alkyl halides is 2. The van der Waals surface area contributed by atoms with Crippen LogP contribution in [0.2, 0.25) is 5.02 Å². The minimum Gasteiger partial charge on any atom is -0.508 e. The Bertz CT molecular complexity index is 917. The number of hydrogen-bond acceptors (Lipinski definition) is 4. The van der Waals surface area contributed by atoms with E-state index in [0.717, 1.165) is 27.8 Å². The van der Waals surface area contributed by atoms with Crippen molar-refractivity contribution in [3.8, 4) is 5.75 Å². The van der Waals surface area contributed by atoms with Gasteiger partial charge < -0.3 is 10.4 Å². The van der Waals surface area contributed by atoms with E-state index in [1.54, 1.807) is 12.3 Å². The zero-order chi connectivity index (χ0) is 19.2. The van der Waals surface area contributed by atoms with Gasteiger partial charge in [0, 0.05) is 64.9 Å². The fourth-order valence-corrected chi connectivity index (χ4v) is 3.57. The first-order chi connectivity index (χ1) is 13.1. The summed E-state index contributed by atoms with van der Waals surface area (Å²) in [5.41, 5.74) is 3.44. The summed E-state index contributed by atoms with van der Waals surface area (Å²) in [5, 5.41) is 15.3. The van der Waals surface area contributed by atoms with Crippen LogP contribution < -0.4 is 5.32 Å². The maximum absolute atomic E-state index is 10.2. The van der Waals surface area contributed by atoms with Crippen LogP contribution in [-0.2, 0) is 6.54 Å². The zero-order valence-corrected chi connectivity index (χ0v) is 18.1. The van der Waals surface area contributed by atoms with Gasteiger partial charge in [-0.2, -0.15) is 0 Å². The van der Waals surface area contributed by atoms with Gasteiger partial charge >= 0.3 is 0 Å². The van der Waals surface area contributed by atoms with Crippen LogP contribution in [0.15, 0.2) is 48.7 Å². The number of phenols is 1. The molecule has 8 heteroatoms. The summed E-state index contributed by atoms with van der Waals surface area (Å²) in [7, 11) is 0. The second-order valence-electron chi connectivity index (χ2n) is 6.14. The smallest absolute Gasteiger partial charge is 0.120 e. The number of anilines is 2. The first kappa shape index (κ1) is 22.9. The van der Waals surface area contributed by atoms with E-state index in [1.165, 1.54) is 0 Å². The van der Waals surface area contributed by atoms with Crippen LogP contribution >= 0.6 is 47.2 Å². The Morgan fingerprint density at radius 2 is 1.75 bits per heavy atom. The van der Waals surface area contributed by atoms with E-state index < -0.39 is 0 Å². The Balaban J connectivity index is 0.00000280. The molecule has 0 aliphatic heterocycles. The quantitative estimate of drug-likeness (QED) is 0.317. The van der Waals surface area contributed by atoms with Crippen molar-refractivity contribution in [2.75, 3.05) is 30.2 Å². The molecule has 0 spiro atoms. The summed E-state index contributed by atoms with van der Waals surface area (Å²) in [5.74, 6) is 1.28. The molecule has 4 nitrogen and oxygen atoms in total. The van der Waals surface area contributed by atoms with E-state index in [4.69, 9.17) is 34.8 Å². The molecule has 0 amide bonds. The largest absolute Gasteiger partial charge is 0.508 e. The Morgan fingerprint density at radius 3 is 2.46 bits per heavy atom. The molecule has 1 heterocycles. The van der Waals surface area contributed by atoms with Gasteiger partial charge in [-0.05, 0) is 42.5 Å². The van der Waals surface area contributed by atoms with E-state index in [0.29, 0.717) is 36.4 Å². The predicted octanol–water partition coefficient (Wildman–Crippen LogP) is 6.04. The zero-order valence-electron chi connectivity index (χ0n) is 15.0. The van der Waals surface area contributed by atoms with Crippen molar-refractivity contribution in [3.05, 3.63) is 59.2 Å². The molecule has 2 aromatic carbocycles. The molecule has 0 radical (unpaired) electrons. The van der Waals surface area contributed by atoms with Crippen LogP contribution in [0.4, 0.5) is 11.4 Å². The average molecular weight is 461 g/mol. The number of hydrogen-bond donors (Lipinski definition) is 2. The Kier molecular flexibility index (Phi) is 8.93. The lowest BCUT2D eigenvalue weighted by Crippen LogP contribution is -2.27. The van der Waals surface area contributed by atoms with Gasteiger partial charge in [-0.3, -0.25) is 9.88 Å². The molecule has 3 rings (SSSR count). The number of halogens is 4. The number of aromatic nitrogens is 1. The SMILES string of the molecule is Cl.Oc1ccc(Nc2ccnc3cc(Cl)ccc23)cc1CN(CCCl)CCCl. The Hall–Kier alpha value is -1.43. The lowest BCUT2D eigenvalue weighted by molar-refractivity contribution is 0.294. The first-order valence-corrected chi connectivity index (χ1v) is 10.0. The van der Waals surface area contributed by atoms with Crippen molar-refractivity contribution >= 4 is 69.5 Å². The summed E-state index contributed by atoms with van der Waals surface area (Å²) >= 11 is 17.8. The second kappa shape index (κ2) is 10.9. The standard InChI is InChI=1S/C20H20Cl3N3O.ClH/c21-6-9-26(10-7-22)13-14-11-16(2-4-20(14)27)25-18-5-8-24-19-12-15(23)1-3-17(18)19;/h1-5,8,11-12,27H,6-7,9-10,13H2,(H,24,25);1H. The van der Waals surface area contributed by atoms with Gasteiger partial charge in [-0.15, -0.1) is 35.6 Å². The van der Waals surface area contributed by atoms with Gasteiger partial charge in [-0.1, -0.05) is 11.6 Å². The van der Waals surface area contributed by atoms with E-state index in [2.05, 4.69) is 15.2 Å². The van der Waals surface area contributed by atoms with Crippen molar-refractivity contribution in [2.24, 2.45) is 0 Å². The molecule has 150 valence electrons. The molecule has 0 bridgehead atoms. The Morgan fingerprint density at radius 1 is 1.00 bits per heavy atom. The summed E-state index contributed by atoms with van der Waals surface area (Å²) in [4.78, 5) is 6.47. The number of aromatic hydroxyl groups is 1. The lowest BCUT2D eigenvalue weighted by atomic mass is 10.1. The third-order valence-electron chi connectivity index (χ3n) is 4.26. The third kappa shape index (κ3) is 5.79. The molecule has 0 saturated heterocycles. The number of fused-ring (bicyclic) bond motifs is 1. The van der Waals surface area contributed by atoms with Crippen LogP contribution in [-0.4, -0.2) is 39.8 Å². The topological polar surface area (TPSA) is 48.4 Å². The van der Waals surface area contributed by atoms with Crippen molar-refractivity contribution in [3.63, 3.8) is 0 Å². The number of pyridine rings is 1. The van der Waals surface area contributed by atoms with Gasteiger partial charge in [0.1, 0.15) is 5.75 Å². The fraction of sp³-hybridized carbons (Fsp3) is 0.250. The normalized spacial score (nSPS) is 10.9. The number of nitrogens with zero attached hydrogens (tertiary/aromatic N) is 2. The highest BCUT2D eigenvalue weighted by molar-refractivity contribution is 6.31. The molecule has 0 unspecified atom stereocenters. The van der Waals surface area contributed by atoms with Crippen LogP contribution in [0.5, 0.6) is 5.75 Å². The molecule has 0 saturated carbocycles. The maximum Gasteiger partial charge on any atom is 0.120 e. The van der Waals surface area contributed by atoms with Gasteiger partial charge in [0.05, 0.1) is 5.52 Å². The van der Waals surface area contributed by atoms with Crippen molar-refractivity contribution < 1.29 is 5.11 Å². The summed E-state index contributed by atoms with van der Waals surface area (Å²) < 4.78 is 0. The number of rotatable bonds is 8. The highest BCUT2D eigenvalue weighted by Crippen LogP contribution is 2.29. The summed E-state index contributed by atoms with van der Waals surface area (Å²) in [6.07, 6.45) is 1.74. The molecule has 0 atom stereocenters. The minimum absolute atomic E-state index is 0. The first-order valence-electron chi connectivity index (χ1n) is 8.58. The fourth-order valence-electron chi connectivity index (χ4n) is 2.93. The minimum atomic E-state index is 0. The van der Waals surface area contributed by atoms with Gasteiger partial charge in [-0.25, -0.2) is 0 Å². The van der Waals surface area contributed by atoms with E-state index in [9.17, 15) is 5.11 Å². The summed E-state index contributed by atoms with van der Waals surface area (Å²) in [6, 6.07) is 13.0. The van der Waals surface area contributed by atoms with Crippen molar-refractivity contribution in [1.29, 1.82) is 0 Å². The number of benzene rings is 2. The maximum atomic E-state index is 10.2. The molecule has 2 N–H and O–H groups in total. The third-order valence-corrected chi connectivity index (χ3v) is 4.83. The molecular weight excluding hydrogens is 440 g/mol. The molecule has 0 aliphatic carbocycles. The van der Waals surface area contributed by atoms with Crippen LogP contribution in [0.1, 0.15) is 5.56 Å². The highest BCUT2D eigenvalue weighted by atomic mass is 35.5. The van der Waals surface area contributed by atoms with Crippen molar-refractivity contribution in [1.82, 2.24) is 9.88 Å². The molecular formula is C20H21Cl4N3O. The van der Waals surface area contributed by atoms with E-state index in [1.807, 2.05) is 36.4 Å². The molecule has 0 fully saturated rings. The van der Waals surface area contributed by atoms with Gasteiger partial charge in [0.15, 0.2) is 0 Å². The molecule has 1 aromatic heterocycles. The number of nitrogens with one attached hydrogen (secondary N) is 1. The number of phenolic OH excluding ortho intramolecular Hbond substituents is 1. The van der Waals surface area contributed by atoms with Crippen LogP contribution in [0.3, 0.4) is 0 Å². The van der Waals surface area contributed by atoms with Crippen molar-refractivity contribution in [2.45, 2.75) is 6.54 Å². The average Bonchev–Trinajstić information content (AvgIpc) is 2.65. The molecule has 0 aliphatic rings. The Labute approximate surface area is 185 Å². The molecule has 28 heavy (non-hydrogen) atoms.